The summed E-state index contributed by atoms with van der Waals surface area (Å²) in [5.41, 5.74) is 5.70. The van der Waals surface area contributed by atoms with E-state index < -0.39 is 12.1 Å². The van der Waals surface area contributed by atoms with Crippen LogP contribution in [-0.2, 0) is 9.59 Å². The Hall–Kier alpha value is -0.790. The molecule has 114 valence electrons. The highest BCUT2D eigenvalue weighted by atomic mass is 32.2. The third kappa shape index (κ3) is 2.80. The topological polar surface area (TPSA) is 86.9 Å². The number of piperidine rings is 1. The van der Waals surface area contributed by atoms with E-state index in [2.05, 4.69) is 0 Å². The van der Waals surface area contributed by atoms with Gasteiger partial charge in [-0.05, 0) is 19.8 Å². The first-order valence-electron chi connectivity index (χ1n) is 7.02. The molecule has 20 heavy (non-hydrogen) atoms. The summed E-state index contributed by atoms with van der Waals surface area (Å²) in [6.07, 6.45) is 0.707. The van der Waals surface area contributed by atoms with Crippen LogP contribution >= 0.6 is 11.8 Å². The van der Waals surface area contributed by atoms with E-state index in [1.54, 1.807) is 11.8 Å². The van der Waals surface area contributed by atoms with Crippen molar-refractivity contribution in [2.45, 2.75) is 43.7 Å². The molecule has 0 bridgehead atoms. The van der Waals surface area contributed by atoms with Gasteiger partial charge >= 0.3 is 0 Å². The van der Waals surface area contributed by atoms with E-state index in [0.717, 1.165) is 25.1 Å². The molecule has 0 aromatic rings. The molecule has 2 heterocycles. The van der Waals surface area contributed by atoms with Gasteiger partial charge in [-0.1, -0.05) is 0 Å². The smallest absolute Gasteiger partial charge is 0.242 e. The third-order valence-electron chi connectivity index (χ3n) is 4.22. The lowest BCUT2D eigenvalue weighted by Crippen LogP contribution is -2.56. The molecule has 2 aliphatic heterocycles. The standard InChI is InChI=1S/C13H23N3O3S/c1-9(17)11(14)12(19)15-5-3-13(4-6-15)16(10(2)18)7-8-20-13/h9,11,17H,3-8,14H2,1-2H3/t9-,11+/m1/s1. The minimum absolute atomic E-state index is 0.107. The van der Waals surface area contributed by atoms with Crippen LogP contribution in [0, 0.1) is 0 Å². The van der Waals surface area contributed by atoms with Crippen molar-refractivity contribution in [2.24, 2.45) is 5.73 Å². The van der Waals surface area contributed by atoms with Gasteiger partial charge < -0.3 is 20.6 Å². The summed E-state index contributed by atoms with van der Waals surface area (Å²) in [6.45, 7) is 5.11. The van der Waals surface area contributed by atoms with Crippen LogP contribution in [0.2, 0.25) is 0 Å². The molecule has 0 saturated carbocycles. The fourth-order valence-corrected chi connectivity index (χ4v) is 4.46. The molecule has 2 aliphatic rings. The number of nitrogens with two attached hydrogens (primary N) is 1. The van der Waals surface area contributed by atoms with Gasteiger partial charge in [0, 0.05) is 32.3 Å². The van der Waals surface area contributed by atoms with Gasteiger partial charge in [-0.3, -0.25) is 9.59 Å². The van der Waals surface area contributed by atoms with Crippen LogP contribution in [0.15, 0.2) is 0 Å². The highest BCUT2D eigenvalue weighted by Gasteiger charge is 2.46. The molecule has 2 rings (SSSR count). The van der Waals surface area contributed by atoms with Crippen LogP contribution in [0.1, 0.15) is 26.7 Å². The molecule has 2 fully saturated rings. The van der Waals surface area contributed by atoms with Crippen LogP contribution < -0.4 is 5.73 Å². The number of aliphatic hydroxyl groups excluding tert-OH is 1. The molecule has 7 heteroatoms. The molecule has 0 aromatic heterocycles. The lowest BCUT2D eigenvalue weighted by Gasteiger charge is -2.44. The predicted molar refractivity (Wildman–Crippen MR) is 78.0 cm³/mol. The Morgan fingerprint density at radius 2 is 1.90 bits per heavy atom. The Kier molecular flexibility index (Phi) is 4.61. The minimum atomic E-state index is -0.857. The minimum Gasteiger partial charge on any atom is -0.391 e. The van der Waals surface area contributed by atoms with Crippen LogP contribution in [-0.4, -0.2) is 69.1 Å². The fraction of sp³-hybridized carbons (Fsp3) is 0.846. The summed E-state index contributed by atoms with van der Waals surface area (Å²) < 4.78 is 0. The van der Waals surface area contributed by atoms with Crippen molar-refractivity contribution in [3.8, 4) is 0 Å². The highest BCUT2D eigenvalue weighted by Crippen LogP contribution is 2.43. The van der Waals surface area contributed by atoms with Crippen LogP contribution in [0.25, 0.3) is 0 Å². The quantitative estimate of drug-likeness (QED) is 0.725. The van der Waals surface area contributed by atoms with Crippen molar-refractivity contribution in [1.82, 2.24) is 9.80 Å². The fourth-order valence-electron chi connectivity index (χ4n) is 2.96. The Balaban J connectivity index is 1.98. The molecule has 2 atom stereocenters. The third-order valence-corrected chi connectivity index (χ3v) is 5.77. The Labute approximate surface area is 123 Å². The van der Waals surface area contributed by atoms with Gasteiger partial charge in [-0.2, -0.15) is 0 Å². The molecule has 0 radical (unpaired) electrons. The van der Waals surface area contributed by atoms with Crippen LogP contribution in [0.5, 0.6) is 0 Å². The molecular formula is C13H23N3O3S. The number of hydrogen-bond acceptors (Lipinski definition) is 5. The average molecular weight is 301 g/mol. The van der Waals surface area contributed by atoms with E-state index in [0.29, 0.717) is 13.1 Å². The summed E-state index contributed by atoms with van der Waals surface area (Å²) in [4.78, 5) is 27.3. The van der Waals surface area contributed by atoms with Gasteiger partial charge in [0.05, 0.1) is 11.0 Å². The van der Waals surface area contributed by atoms with Crippen LogP contribution in [0.3, 0.4) is 0 Å². The number of carbonyl (C=O) groups is 2. The number of carbonyl (C=O) groups excluding carboxylic acids is 2. The van der Waals surface area contributed by atoms with E-state index in [-0.39, 0.29) is 16.7 Å². The lowest BCUT2D eigenvalue weighted by molar-refractivity contribution is -0.138. The van der Waals surface area contributed by atoms with Crippen molar-refractivity contribution in [3.63, 3.8) is 0 Å². The zero-order chi connectivity index (χ0) is 14.9. The second kappa shape index (κ2) is 5.91. The maximum absolute atomic E-state index is 12.1. The van der Waals surface area contributed by atoms with E-state index in [4.69, 9.17) is 5.73 Å². The normalized spacial score (nSPS) is 24.8. The zero-order valence-corrected chi connectivity index (χ0v) is 12.9. The number of thioether (sulfide) groups is 1. The number of likely N-dealkylation sites (tertiary alicyclic amines) is 1. The van der Waals surface area contributed by atoms with E-state index in [9.17, 15) is 14.7 Å². The summed E-state index contributed by atoms with van der Waals surface area (Å²) in [5, 5.41) is 9.41. The Bertz CT molecular complexity index is 394. The molecule has 0 aromatic carbocycles. The SMILES string of the molecule is CC(=O)N1CCSC12CCN(C(=O)[C@@H](N)[C@@H](C)O)CC2. The van der Waals surface area contributed by atoms with Crippen molar-refractivity contribution in [2.75, 3.05) is 25.4 Å². The van der Waals surface area contributed by atoms with Gasteiger partial charge in [0.1, 0.15) is 6.04 Å². The predicted octanol–water partition coefficient (Wildman–Crippen LogP) is -0.391. The van der Waals surface area contributed by atoms with Gasteiger partial charge in [0.25, 0.3) is 0 Å². The first-order chi connectivity index (χ1) is 9.37. The summed E-state index contributed by atoms with van der Waals surface area (Å²) in [5.74, 6) is 0.864. The van der Waals surface area contributed by atoms with Crippen molar-refractivity contribution >= 4 is 23.6 Å². The molecule has 3 N–H and O–H groups in total. The number of aliphatic hydroxyl groups is 1. The average Bonchev–Trinajstić information content (AvgIpc) is 2.81. The van der Waals surface area contributed by atoms with Crippen molar-refractivity contribution in [1.29, 1.82) is 0 Å². The van der Waals surface area contributed by atoms with Crippen molar-refractivity contribution < 1.29 is 14.7 Å². The van der Waals surface area contributed by atoms with Gasteiger partial charge in [-0.15, -0.1) is 11.8 Å². The summed E-state index contributed by atoms with van der Waals surface area (Å²) >= 11 is 1.82. The Morgan fingerprint density at radius 3 is 2.40 bits per heavy atom. The van der Waals surface area contributed by atoms with Gasteiger partial charge in [0.15, 0.2) is 0 Å². The van der Waals surface area contributed by atoms with E-state index >= 15 is 0 Å². The molecule has 2 amide bonds. The van der Waals surface area contributed by atoms with E-state index in [1.165, 1.54) is 6.92 Å². The van der Waals surface area contributed by atoms with Gasteiger partial charge in [-0.25, -0.2) is 0 Å². The second-order valence-electron chi connectivity index (χ2n) is 5.56. The molecule has 0 unspecified atom stereocenters. The highest BCUT2D eigenvalue weighted by molar-refractivity contribution is 8.00. The number of hydrogen-bond donors (Lipinski definition) is 2. The molecular weight excluding hydrogens is 278 g/mol. The molecule has 6 nitrogen and oxygen atoms in total. The van der Waals surface area contributed by atoms with Gasteiger partial charge in [0.2, 0.25) is 11.8 Å². The lowest BCUT2D eigenvalue weighted by atomic mass is 10.0. The number of nitrogens with zero attached hydrogens (tertiary/aromatic N) is 2. The molecule has 0 aliphatic carbocycles. The largest absolute Gasteiger partial charge is 0.391 e. The first kappa shape index (κ1) is 15.6. The van der Waals surface area contributed by atoms with E-state index in [1.807, 2.05) is 16.7 Å². The second-order valence-corrected chi connectivity index (χ2v) is 7.01. The molecule has 2 saturated heterocycles. The zero-order valence-electron chi connectivity index (χ0n) is 12.0. The maximum atomic E-state index is 12.1. The monoisotopic (exact) mass is 301 g/mol. The number of amides is 2. The first-order valence-corrected chi connectivity index (χ1v) is 8.00. The molecule has 1 spiro atoms. The van der Waals surface area contributed by atoms with Crippen molar-refractivity contribution in [3.05, 3.63) is 0 Å². The number of rotatable bonds is 2. The Morgan fingerprint density at radius 1 is 1.30 bits per heavy atom. The van der Waals surface area contributed by atoms with Crippen LogP contribution in [0.4, 0.5) is 0 Å². The summed E-state index contributed by atoms with van der Waals surface area (Å²) in [7, 11) is 0. The summed E-state index contributed by atoms with van der Waals surface area (Å²) in [6, 6.07) is -0.857. The maximum Gasteiger partial charge on any atom is 0.242 e.